The molecule has 4 heterocycles. The third-order valence-electron chi connectivity index (χ3n) is 10.9. The van der Waals surface area contributed by atoms with Gasteiger partial charge in [0.25, 0.3) is 0 Å². The summed E-state index contributed by atoms with van der Waals surface area (Å²) < 4.78 is 13.8. The Morgan fingerprint density at radius 2 is 1.00 bits per heavy atom. The van der Waals surface area contributed by atoms with Crippen molar-refractivity contribution in [3.63, 3.8) is 0 Å². The van der Waals surface area contributed by atoms with Crippen molar-refractivity contribution >= 4 is 97.1 Å². The first-order chi connectivity index (χ1) is 25.8. The van der Waals surface area contributed by atoms with Crippen molar-refractivity contribution < 1.29 is 4.42 Å². The molecule has 0 aliphatic carbocycles. The van der Waals surface area contributed by atoms with E-state index >= 15 is 0 Å². The van der Waals surface area contributed by atoms with Crippen molar-refractivity contribution in [2.24, 2.45) is 0 Å². The van der Waals surface area contributed by atoms with Crippen LogP contribution >= 0.6 is 11.3 Å². The Bertz CT molecular complexity index is 3360. The molecule has 0 aliphatic rings. The van der Waals surface area contributed by atoms with Gasteiger partial charge in [0.15, 0.2) is 0 Å². The zero-order chi connectivity index (χ0) is 33.9. The molecule has 0 bridgehead atoms. The predicted octanol–water partition coefficient (Wildman–Crippen LogP) is 13.8. The number of nitrogens with zero attached hydrogens (tertiary/aromatic N) is 2. The number of benzene rings is 8. The second-order valence-electron chi connectivity index (χ2n) is 13.7. The Kier molecular flexibility index (Phi) is 5.65. The molecule has 4 aromatic heterocycles. The van der Waals surface area contributed by atoms with Gasteiger partial charge in [-0.3, -0.25) is 0 Å². The lowest BCUT2D eigenvalue weighted by Crippen LogP contribution is -1.97. The molecule has 12 aromatic rings. The normalized spacial score (nSPS) is 12.2. The lowest BCUT2D eigenvalue weighted by Gasteiger charge is -2.11. The van der Waals surface area contributed by atoms with E-state index < -0.39 is 0 Å². The summed E-state index contributed by atoms with van der Waals surface area (Å²) in [5.74, 6) is 0. The highest BCUT2D eigenvalue weighted by Gasteiger charge is 2.21. The fourth-order valence-electron chi connectivity index (χ4n) is 8.60. The number of thiophene rings is 1. The zero-order valence-corrected chi connectivity index (χ0v) is 28.7. The third kappa shape index (κ3) is 3.84. The standard InChI is InChI=1S/C48H28N2OS/c1-2-10-29(11-3-1)30-18-21-36-37-23-24-42-47(48(37)52-46(36)26-30)38-22-19-32(49-40-15-7-4-12-33(40)34-13-5-8-16-41(34)49)28-43(38)50(42)31-20-25-45-39(27-31)35-14-6-9-17-44(35)51-45/h1-28H. The number of rotatable bonds is 3. The summed E-state index contributed by atoms with van der Waals surface area (Å²) in [5.41, 5.74) is 11.3. The monoisotopic (exact) mass is 680 g/mol. The van der Waals surface area contributed by atoms with Gasteiger partial charge in [0.05, 0.1) is 22.1 Å². The molecule has 0 spiro atoms. The molecule has 0 radical (unpaired) electrons. The largest absolute Gasteiger partial charge is 0.456 e. The van der Waals surface area contributed by atoms with Crippen molar-refractivity contribution in [2.45, 2.75) is 0 Å². The summed E-state index contributed by atoms with van der Waals surface area (Å²) in [7, 11) is 0. The van der Waals surface area contributed by atoms with Crippen LogP contribution in [0.3, 0.4) is 0 Å². The van der Waals surface area contributed by atoms with Gasteiger partial charge in [-0.2, -0.15) is 0 Å². The average molecular weight is 681 g/mol. The molecule has 0 aliphatic heterocycles. The number of fused-ring (bicyclic) bond motifs is 13. The van der Waals surface area contributed by atoms with Crippen LogP contribution in [-0.4, -0.2) is 9.13 Å². The van der Waals surface area contributed by atoms with E-state index in [2.05, 4.69) is 173 Å². The molecule has 0 saturated heterocycles. The Balaban J connectivity index is 1.19. The lowest BCUT2D eigenvalue weighted by atomic mass is 10.0. The molecule has 0 amide bonds. The highest BCUT2D eigenvalue weighted by Crippen LogP contribution is 2.45. The molecule has 0 saturated carbocycles. The van der Waals surface area contributed by atoms with Gasteiger partial charge in [-0.1, -0.05) is 109 Å². The van der Waals surface area contributed by atoms with Gasteiger partial charge in [0, 0.05) is 63.9 Å². The first-order valence-electron chi connectivity index (χ1n) is 17.7. The van der Waals surface area contributed by atoms with Crippen LogP contribution in [0.1, 0.15) is 0 Å². The van der Waals surface area contributed by atoms with Crippen molar-refractivity contribution in [2.75, 3.05) is 0 Å². The Labute approximate surface area is 301 Å². The van der Waals surface area contributed by atoms with E-state index in [1.54, 1.807) is 0 Å². The van der Waals surface area contributed by atoms with Crippen LogP contribution in [0.15, 0.2) is 174 Å². The summed E-state index contributed by atoms with van der Waals surface area (Å²) in [4.78, 5) is 0. The molecule has 3 nitrogen and oxygen atoms in total. The predicted molar refractivity (Wildman–Crippen MR) is 221 cm³/mol. The fourth-order valence-corrected chi connectivity index (χ4v) is 9.90. The molecule has 12 rings (SSSR count). The topological polar surface area (TPSA) is 23.0 Å². The van der Waals surface area contributed by atoms with E-state index in [1.165, 1.54) is 74.9 Å². The number of hydrogen-bond acceptors (Lipinski definition) is 2. The highest BCUT2D eigenvalue weighted by atomic mass is 32.1. The summed E-state index contributed by atoms with van der Waals surface area (Å²) in [6.45, 7) is 0. The maximum absolute atomic E-state index is 6.27. The van der Waals surface area contributed by atoms with E-state index in [4.69, 9.17) is 4.42 Å². The van der Waals surface area contributed by atoms with E-state index in [0.29, 0.717) is 0 Å². The van der Waals surface area contributed by atoms with Crippen molar-refractivity contribution in [1.82, 2.24) is 9.13 Å². The van der Waals surface area contributed by atoms with E-state index in [0.717, 1.165) is 33.3 Å². The Morgan fingerprint density at radius 1 is 0.365 bits per heavy atom. The van der Waals surface area contributed by atoms with Gasteiger partial charge in [-0.15, -0.1) is 11.3 Å². The molecule has 242 valence electrons. The van der Waals surface area contributed by atoms with Crippen LogP contribution in [0.2, 0.25) is 0 Å². The number of furan rings is 1. The minimum atomic E-state index is 0.901. The molecular weight excluding hydrogens is 653 g/mol. The van der Waals surface area contributed by atoms with Gasteiger partial charge in [-0.05, 0) is 71.8 Å². The third-order valence-corrected chi connectivity index (χ3v) is 12.1. The number of aromatic nitrogens is 2. The molecule has 4 heteroatoms. The maximum Gasteiger partial charge on any atom is 0.135 e. The summed E-state index contributed by atoms with van der Waals surface area (Å²) >= 11 is 1.90. The van der Waals surface area contributed by atoms with Gasteiger partial charge in [0.1, 0.15) is 11.2 Å². The molecule has 0 unspecified atom stereocenters. The fraction of sp³-hybridized carbons (Fsp3) is 0. The van der Waals surface area contributed by atoms with Crippen LogP contribution < -0.4 is 0 Å². The highest BCUT2D eigenvalue weighted by molar-refractivity contribution is 7.26. The van der Waals surface area contributed by atoms with E-state index in [-0.39, 0.29) is 0 Å². The first-order valence-corrected chi connectivity index (χ1v) is 18.5. The Hall–Kier alpha value is -6.62. The van der Waals surface area contributed by atoms with Crippen molar-refractivity contribution in [3.05, 3.63) is 170 Å². The van der Waals surface area contributed by atoms with Crippen LogP contribution in [0.4, 0.5) is 0 Å². The first kappa shape index (κ1) is 28.1. The molecule has 0 atom stereocenters. The average Bonchev–Trinajstić information content (AvgIpc) is 3.95. The van der Waals surface area contributed by atoms with Gasteiger partial charge >= 0.3 is 0 Å². The quantitative estimate of drug-likeness (QED) is 0.182. The molecule has 0 fully saturated rings. The smallest absolute Gasteiger partial charge is 0.135 e. The summed E-state index contributed by atoms with van der Waals surface area (Å²) in [5, 5.41) is 9.92. The molecule has 0 N–H and O–H groups in total. The SMILES string of the molecule is c1ccc(-c2ccc3c(c2)sc2c3ccc3c2c2ccc(-n4c5ccccc5c5ccccc54)cc2n3-c2ccc3oc4ccccc4c3c2)cc1. The van der Waals surface area contributed by atoms with Gasteiger partial charge in [-0.25, -0.2) is 0 Å². The van der Waals surface area contributed by atoms with Gasteiger partial charge < -0.3 is 13.6 Å². The van der Waals surface area contributed by atoms with Crippen LogP contribution in [0, 0.1) is 0 Å². The van der Waals surface area contributed by atoms with Crippen LogP contribution in [-0.2, 0) is 0 Å². The van der Waals surface area contributed by atoms with Crippen molar-refractivity contribution in [3.8, 4) is 22.5 Å². The van der Waals surface area contributed by atoms with Crippen LogP contribution in [0.25, 0.3) is 108 Å². The van der Waals surface area contributed by atoms with E-state index in [1.807, 2.05) is 17.4 Å². The number of para-hydroxylation sites is 3. The minimum absolute atomic E-state index is 0.901. The van der Waals surface area contributed by atoms with E-state index in [9.17, 15) is 0 Å². The zero-order valence-electron chi connectivity index (χ0n) is 27.9. The Morgan fingerprint density at radius 3 is 1.83 bits per heavy atom. The maximum atomic E-state index is 6.27. The lowest BCUT2D eigenvalue weighted by molar-refractivity contribution is 0.669. The van der Waals surface area contributed by atoms with Crippen molar-refractivity contribution in [1.29, 1.82) is 0 Å². The molecule has 8 aromatic carbocycles. The second-order valence-corrected chi connectivity index (χ2v) is 14.8. The number of hydrogen-bond donors (Lipinski definition) is 0. The summed E-state index contributed by atoms with van der Waals surface area (Å²) in [6, 6.07) is 61.7. The molecule has 52 heavy (non-hydrogen) atoms. The van der Waals surface area contributed by atoms with Crippen LogP contribution in [0.5, 0.6) is 0 Å². The summed E-state index contributed by atoms with van der Waals surface area (Å²) in [6.07, 6.45) is 0. The minimum Gasteiger partial charge on any atom is -0.456 e. The van der Waals surface area contributed by atoms with Gasteiger partial charge in [0.2, 0.25) is 0 Å². The second kappa shape index (κ2) is 10.5. The molecular formula is C48H28N2OS.